The molecule has 0 aromatic heterocycles. The first-order valence-corrected chi connectivity index (χ1v) is 5.96. The van der Waals surface area contributed by atoms with Crippen molar-refractivity contribution in [2.45, 2.75) is 13.0 Å². The van der Waals surface area contributed by atoms with E-state index in [4.69, 9.17) is 10.5 Å². The number of nitrogens with two attached hydrogens (primary N) is 1. The number of hydrogen-bond donors (Lipinski definition) is 2. The van der Waals surface area contributed by atoms with E-state index < -0.39 is 17.9 Å². The van der Waals surface area contributed by atoms with Gasteiger partial charge in [0, 0.05) is 14.1 Å². The first kappa shape index (κ1) is 15.0. The molecule has 104 valence electrons. The number of esters is 1. The number of nitrogens with zero attached hydrogens (tertiary/aromatic N) is 1. The molecule has 0 saturated carbocycles. The molecule has 6 heteroatoms. The predicted octanol–water partition coefficient (Wildman–Crippen LogP) is 0.581. The standard InChI is InChI=1S/C13H19N3O3/c1-4-19-13(18)11(14)12(17)15-9-7-5-6-8-10(9)16(2)3/h5-8,11H,4,14H2,1-3H3,(H,15,17). The third-order valence-corrected chi connectivity index (χ3v) is 2.47. The van der Waals surface area contributed by atoms with E-state index in [0.717, 1.165) is 5.69 Å². The summed E-state index contributed by atoms with van der Waals surface area (Å²) >= 11 is 0. The van der Waals surface area contributed by atoms with Crippen molar-refractivity contribution in [3.05, 3.63) is 24.3 Å². The van der Waals surface area contributed by atoms with Crippen LogP contribution in [0.4, 0.5) is 11.4 Å². The summed E-state index contributed by atoms with van der Waals surface area (Å²) in [7, 11) is 3.71. The molecule has 0 aliphatic carbocycles. The molecule has 0 saturated heterocycles. The Labute approximate surface area is 112 Å². The smallest absolute Gasteiger partial charge is 0.332 e. The highest BCUT2D eigenvalue weighted by Gasteiger charge is 2.24. The lowest BCUT2D eigenvalue weighted by atomic mass is 10.2. The van der Waals surface area contributed by atoms with Crippen molar-refractivity contribution in [2.24, 2.45) is 5.73 Å². The topological polar surface area (TPSA) is 84.7 Å². The van der Waals surface area contributed by atoms with Crippen molar-refractivity contribution in [3.8, 4) is 0 Å². The maximum absolute atomic E-state index is 11.8. The van der Waals surface area contributed by atoms with Crippen molar-refractivity contribution in [2.75, 3.05) is 30.9 Å². The molecule has 0 radical (unpaired) electrons. The molecule has 1 aromatic carbocycles. The van der Waals surface area contributed by atoms with Crippen molar-refractivity contribution >= 4 is 23.3 Å². The molecule has 1 rings (SSSR count). The molecule has 6 nitrogen and oxygen atoms in total. The number of para-hydroxylation sites is 2. The molecule has 0 aliphatic rings. The van der Waals surface area contributed by atoms with Gasteiger partial charge in [-0.3, -0.25) is 4.79 Å². The van der Waals surface area contributed by atoms with Gasteiger partial charge in [-0.15, -0.1) is 0 Å². The number of carbonyl (C=O) groups is 2. The van der Waals surface area contributed by atoms with Crippen LogP contribution >= 0.6 is 0 Å². The Balaban J connectivity index is 2.80. The summed E-state index contributed by atoms with van der Waals surface area (Å²) in [5.74, 6) is -1.32. The van der Waals surface area contributed by atoms with Crippen LogP contribution in [0.2, 0.25) is 0 Å². The van der Waals surface area contributed by atoms with Gasteiger partial charge in [-0.25, -0.2) is 4.79 Å². The fourth-order valence-electron chi connectivity index (χ4n) is 1.52. The lowest BCUT2D eigenvalue weighted by Crippen LogP contribution is -2.43. The molecule has 1 amide bonds. The van der Waals surface area contributed by atoms with E-state index in [1.54, 1.807) is 19.1 Å². The zero-order valence-electron chi connectivity index (χ0n) is 11.3. The Bertz CT molecular complexity index is 460. The van der Waals surface area contributed by atoms with Gasteiger partial charge in [0.1, 0.15) is 0 Å². The molecule has 0 fully saturated rings. The number of rotatable bonds is 5. The van der Waals surface area contributed by atoms with Crippen LogP contribution in [0.1, 0.15) is 6.92 Å². The van der Waals surface area contributed by atoms with Gasteiger partial charge >= 0.3 is 5.97 Å². The molecular weight excluding hydrogens is 246 g/mol. The summed E-state index contributed by atoms with van der Waals surface area (Å²) in [5.41, 5.74) is 6.94. The van der Waals surface area contributed by atoms with Gasteiger partial charge in [0.25, 0.3) is 5.91 Å². The molecule has 0 spiro atoms. The largest absolute Gasteiger partial charge is 0.464 e. The molecule has 0 bridgehead atoms. The monoisotopic (exact) mass is 265 g/mol. The molecular formula is C13H19N3O3. The summed E-state index contributed by atoms with van der Waals surface area (Å²) in [5, 5.41) is 2.62. The van der Waals surface area contributed by atoms with Crippen LogP contribution in [0.15, 0.2) is 24.3 Å². The Morgan fingerprint density at radius 3 is 2.58 bits per heavy atom. The Morgan fingerprint density at radius 2 is 2.00 bits per heavy atom. The third-order valence-electron chi connectivity index (χ3n) is 2.47. The maximum Gasteiger partial charge on any atom is 0.332 e. The number of carbonyl (C=O) groups excluding carboxylic acids is 2. The highest BCUT2D eigenvalue weighted by atomic mass is 16.5. The SMILES string of the molecule is CCOC(=O)C(N)C(=O)Nc1ccccc1N(C)C. The quantitative estimate of drug-likeness (QED) is 0.601. The predicted molar refractivity (Wildman–Crippen MR) is 74.0 cm³/mol. The molecule has 0 heterocycles. The lowest BCUT2D eigenvalue weighted by molar-refractivity contribution is -0.146. The summed E-state index contributed by atoms with van der Waals surface area (Å²) in [6.45, 7) is 1.85. The van der Waals surface area contributed by atoms with Gasteiger partial charge in [0.2, 0.25) is 0 Å². The zero-order valence-corrected chi connectivity index (χ0v) is 11.3. The van der Waals surface area contributed by atoms with Gasteiger partial charge < -0.3 is 20.7 Å². The number of anilines is 2. The van der Waals surface area contributed by atoms with E-state index in [0.29, 0.717) is 5.69 Å². The Kier molecular flexibility index (Phi) is 5.32. The van der Waals surface area contributed by atoms with Crippen LogP contribution in [0.3, 0.4) is 0 Å². The van der Waals surface area contributed by atoms with Gasteiger partial charge in [-0.2, -0.15) is 0 Å². The number of hydrogen-bond acceptors (Lipinski definition) is 5. The second-order valence-electron chi connectivity index (χ2n) is 4.13. The summed E-state index contributed by atoms with van der Waals surface area (Å²) in [6.07, 6.45) is 0. The fraction of sp³-hybridized carbons (Fsp3) is 0.385. The minimum Gasteiger partial charge on any atom is -0.464 e. The van der Waals surface area contributed by atoms with E-state index >= 15 is 0 Å². The van der Waals surface area contributed by atoms with Crippen molar-refractivity contribution < 1.29 is 14.3 Å². The van der Waals surface area contributed by atoms with Crippen LogP contribution in [-0.2, 0) is 14.3 Å². The molecule has 1 aromatic rings. The van der Waals surface area contributed by atoms with Gasteiger partial charge in [0.05, 0.1) is 18.0 Å². The first-order valence-electron chi connectivity index (χ1n) is 5.96. The first-order chi connectivity index (χ1) is 8.97. The number of nitrogens with one attached hydrogen (secondary N) is 1. The third kappa shape index (κ3) is 3.96. The Hall–Kier alpha value is -2.08. The van der Waals surface area contributed by atoms with Crippen molar-refractivity contribution in [1.82, 2.24) is 0 Å². The van der Waals surface area contributed by atoms with Crippen LogP contribution in [0.25, 0.3) is 0 Å². The van der Waals surface area contributed by atoms with Crippen molar-refractivity contribution in [3.63, 3.8) is 0 Å². The number of amides is 1. The van der Waals surface area contributed by atoms with E-state index in [9.17, 15) is 9.59 Å². The number of benzene rings is 1. The van der Waals surface area contributed by atoms with E-state index in [2.05, 4.69) is 5.32 Å². The average Bonchev–Trinajstić information content (AvgIpc) is 2.38. The summed E-state index contributed by atoms with van der Waals surface area (Å²) in [4.78, 5) is 25.1. The average molecular weight is 265 g/mol. The second kappa shape index (κ2) is 6.75. The van der Waals surface area contributed by atoms with Gasteiger partial charge in [-0.1, -0.05) is 12.1 Å². The van der Waals surface area contributed by atoms with E-state index in [1.807, 2.05) is 31.1 Å². The van der Waals surface area contributed by atoms with E-state index in [1.165, 1.54) is 0 Å². The summed E-state index contributed by atoms with van der Waals surface area (Å²) < 4.78 is 4.71. The minimum atomic E-state index is -1.32. The van der Waals surface area contributed by atoms with Gasteiger partial charge in [-0.05, 0) is 19.1 Å². The van der Waals surface area contributed by atoms with Crippen LogP contribution in [-0.4, -0.2) is 38.6 Å². The van der Waals surface area contributed by atoms with Crippen molar-refractivity contribution in [1.29, 1.82) is 0 Å². The van der Waals surface area contributed by atoms with Crippen LogP contribution < -0.4 is 16.0 Å². The molecule has 1 atom stereocenters. The maximum atomic E-state index is 11.8. The Morgan fingerprint density at radius 1 is 1.37 bits per heavy atom. The second-order valence-corrected chi connectivity index (χ2v) is 4.13. The minimum absolute atomic E-state index is 0.189. The zero-order chi connectivity index (χ0) is 14.4. The molecule has 3 N–H and O–H groups in total. The molecule has 19 heavy (non-hydrogen) atoms. The van der Waals surface area contributed by atoms with Gasteiger partial charge in [0.15, 0.2) is 6.04 Å². The summed E-state index contributed by atoms with van der Waals surface area (Å²) in [6, 6.07) is 5.92. The fourth-order valence-corrected chi connectivity index (χ4v) is 1.52. The lowest BCUT2D eigenvalue weighted by Gasteiger charge is -2.18. The van der Waals surface area contributed by atoms with Crippen LogP contribution in [0.5, 0.6) is 0 Å². The molecule has 0 aliphatic heterocycles. The van der Waals surface area contributed by atoms with Crippen LogP contribution in [0, 0.1) is 0 Å². The highest BCUT2D eigenvalue weighted by molar-refractivity contribution is 6.09. The highest BCUT2D eigenvalue weighted by Crippen LogP contribution is 2.23. The molecule has 1 unspecified atom stereocenters. The normalized spacial score (nSPS) is 11.6. The number of ether oxygens (including phenoxy) is 1. The van der Waals surface area contributed by atoms with E-state index in [-0.39, 0.29) is 6.61 Å².